The molecule has 5 nitrogen and oxygen atoms in total. The van der Waals surface area contributed by atoms with Gasteiger partial charge in [0.15, 0.2) is 0 Å². The summed E-state index contributed by atoms with van der Waals surface area (Å²) in [5.41, 5.74) is 10.3. The second kappa shape index (κ2) is 4.21. The summed E-state index contributed by atoms with van der Waals surface area (Å²) in [7, 11) is 0. The Balaban J connectivity index is 3.71. The van der Waals surface area contributed by atoms with E-state index in [0.717, 1.165) is 0 Å². The minimum atomic E-state index is -0.779. The quantitative estimate of drug-likeness (QED) is 0.224. The number of hydrogen-bond acceptors (Lipinski definition) is 5. The first kappa shape index (κ1) is 9.35. The third-order valence-corrected chi connectivity index (χ3v) is 1.06. The van der Waals surface area contributed by atoms with Crippen molar-refractivity contribution in [3.8, 4) is 0 Å². The Morgan fingerprint density at radius 3 is 2.60 bits per heavy atom. The molecule has 0 fully saturated rings. The van der Waals surface area contributed by atoms with Gasteiger partial charge in [-0.25, -0.2) is 0 Å². The molecule has 0 saturated carbocycles. The second-order valence-corrected chi connectivity index (χ2v) is 1.94. The number of nitrogens with two attached hydrogens (primary N) is 2. The van der Waals surface area contributed by atoms with Crippen molar-refractivity contribution in [2.75, 3.05) is 6.73 Å². The molecular weight excluding hydrogens is 134 g/mol. The lowest BCUT2D eigenvalue weighted by atomic mass is 10.2. The van der Waals surface area contributed by atoms with Crippen LogP contribution < -0.4 is 11.5 Å². The topological polar surface area (TPSA) is 105 Å². The van der Waals surface area contributed by atoms with E-state index < -0.39 is 12.1 Å². The van der Waals surface area contributed by atoms with E-state index in [2.05, 4.69) is 4.74 Å². The van der Waals surface area contributed by atoms with Crippen LogP contribution in [0.15, 0.2) is 0 Å². The molecule has 0 saturated heterocycles. The Bertz CT molecular complexity index is 115. The molecule has 5 heteroatoms. The number of ether oxygens (including phenoxy) is 1. The molecule has 2 unspecified atom stereocenters. The highest BCUT2D eigenvalue weighted by Crippen LogP contribution is 1.91. The van der Waals surface area contributed by atoms with E-state index in [-0.39, 0.29) is 12.6 Å². The third-order valence-electron chi connectivity index (χ3n) is 1.06. The van der Waals surface area contributed by atoms with E-state index >= 15 is 0 Å². The second-order valence-electron chi connectivity index (χ2n) is 1.94. The van der Waals surface area contributed by atoms with Crippen molar-refractivity contribution in [1.82, 2.24) is 0 Å². The van der Waals surface area contributed by atoms with Gasteiger partial charge in [-0.1, -0.05) is 0 Å². The van der Waals surface area contributed by atoms with E-state index in [1.54, 1.807) is 0 Å². The predicted molar refractivity (Wildman–Crippen MR) is 37.5 cm³/mol. The first-order valence-electron chi connectivity index (χ1n) is 2.94. The van der Waals surface area contributed by atoms with Gasteiger partial charge in [0, 0.05) is 0 Å². The van der Waals surface area contributed by atoms with Gasteiger partial charge in [-0.05, 0) is 6.92 Å². The van der Waals surface area contributed by atoms with Crippen LogP contribution in [-0.4, -0.2) is 29.9 Å². The Labute approximate surface area is 59.5 Å². The molecule has 0 amide bonds. The monoisotopic (exact) mass is 147 g/mol. The third kappa shape index (κ3) is 2.77. The van der Waals surface area contributed by atoms with Gasteiger partial charge in [0.1, 0.15) is 12.8 Å². The summed E-state index contributed by atoms with van der Waals surface area (Å²) in [5.74, 6) is -0.183. The minimum absolute atomic E-state index is 0.0841. The van der Waals surface area contributed by atoms with Crippen LogP contribution in [0.5, 0.6) is 0 Å². The number of rotatable bonds is 3. The van der Waals surface area contributed by atoms with E-state index in [9.17, 15) is 0 Å². The van der Waals surface area contributed by atoms with Crippen LogP contribution in [0.4, 0.5) is 0 Å². The van der Waals surface area contributed by atoms with Crippen molar-refractivity contribution < 1.29 is 9.84 Å². The molecule has 0 aliphatic carbocycles. The molecule has 2 atom stereocenters. The zero-order valence-corrected chi connectivity index (χ0v) is 5.87. The first-order chi connectivity index (χ1) is 4.59. The molecule has 0 rings (SSSR count). The highest BCUT2D eigenvalue weighted by Gasteiger charge is 2.15. The fourth-order valence-electron chi connectivity index (χ4n) is 0.405. The lowest BCUT2D eigenvalue weighted by Gasteiger charge is -2.14. The molecule has 0 aliphatic rings. The molecule has 6 N–H and O–H groups in total. The number of hydrogen-bond donors (Lipinski definition) is 4. The van der Waals surface area contributed by atoms with Gasteiger partial charge in [-0.15, -0.1) is 0 Å². The van der Waals surface area contributed by atoms with Crippen LogP contribution >= 0.6 is 0 Å². The van der Waals surface area contributed by atoms with Crippen LogP contribution in [-0.2, 0) is 4.74 Å². The average molecular weight is 147 g/mol. The Hall–Kier alpha value is -0.650. The zero-order valence-electron chi connectivity index (χ0n) is 5.87. The summed E-state index contributed by atoms with van der Waals surface area (Å²) in [5, 5.41) is 15.9. The summed E-state index contributed by atoms with van der Waals surface area (Å²) in [6.45, 7) is 1.40. The molecule has 60 valence electrons. The lowest BCUT2D eigenvalue weighted by molar-refractivity contribution is 0.169. The molecule has 0 spiro atoms. The van der Waals surface area contributed by atoms with Crippen molar-refractivity contribution in [2.24, 2.45) is 11.5 Å². The molecule has 0 radical (unpaired) electrons. The van der Waals surface area contributed by atoms with Gasteiger partial charge >= 0.3 is 0 Å². The molecule has 0 heterocycles. The van der Waals surface area contributed by atoms with Crippen molar-refractivity contribution in [2.45, 2.75) is 19.1 Å². The summed E-state index contributed by atoms with van der Waals surface area (Å²) in [6.07, 6.45) is -0.779. The number of aliphatic hydroxyl groups is 1. The summed E-state index contributed by atoms with van der Waals surface area (Å²) in [4.78, 5) is 0. The summed E-state index contributed by atoms with van der Waals surface area (Å²) in [6, 6.07) is -0.774. The average Bonchev–Trinajstić information content (AvgIpc) is 1.87. The smallest absolute Gasteiger partial charge is 0.201 e. The van der Waals surface area contributed by atoms with Gasteiger partial charge in [0.05, 0.1) is 6.10 Å². The fourth-order valence-corrected chi connectivity index (χ4v) is 0.405. The molecule has 0 bridgehead atoms. The highest BCUT2D eigenvalue weighted by molar-refractivity contribution is 5.78. The molecule has 10 heavy (non-hydrogen) atoms. The maximum absolute atomic E-state index is 8.83. The van der Waals surface area contributed by atoms with Crippen LogP contribution in [0, 0.1) is 5.41 Å². The first-order valence-corrected chi connectivity index (χ1v) is 2.94. The Morgan fingerprint density at radius 1 is 1.80 bits per heavy atom. The maximum Gasteiger partial charge on any atom is 0.201 e. The van der Waals surface area contributed by atoms with E-state index in [0.29, 0.717) is 0 Å². The minimum Gasteiger partial charge on any atom is -0.464 e. The van der Waals surface area contributed by atoms with E-state index in [1.165, 1.54) is 6.92 Å². The zero-order chi connectivity index (χ0) is 8.15. The van der Waals surface area contributed by atoms with Gasteiger partial charge in [0.25, 0.3) is 0 Å². The predicted octanol–water partition coefficient (Wildman–Crippen LogP) is -1.40. The van der Waals surface area contributed by atoms with Gasteiger partial charge in [0.2, 0.25) is 5.90 Å². The van der Waals surface area contributed by atoms with E-state index in [4.69, 9.17) is 22.0 Å². The van der Waals surface area contributed by atoms with Crippen molar-refractivity contribution in [3.05, 3.63) is 0 Å². The van der Waals surface area contributed by atoms with Crippen molar-refractivity contribution in [1.29, 1.82) is 5.41 Å². The van der Waals surface area contributed by atoms with Crippen LogP contribution in [0.25, 0.3) is 0 Å². The normalized spacial score (nSPS) is 16.0. The van der Waals surface area contributed by atoms with Crippen molar-refractivity contribution in [3.63, 3.8) is 0 Å². The Kier molecular flexibility index (Phi) is 3.94. The SMILES string of the molecule is CC(O)C(N)C(=N)OCN. The molecule has 0 aliphatic heterocycles. The van der Waals surface area contributed by atoms with Gasteiger partial charge in [-0.2, -0.15) is 0 Å². The molecule has 0 aromatic rings. The highest BCUT2D eigenvalue weighted by atomic mass is 16.5. The molecular formula is C5H13N3O2. The lowest BCUT2D eigenvalue weighted by Crippen LogP contribution is -2.41. The van der Waals surface area contributed by atoms with Crippen LogP contribution in [0.2, 0.25) is 0 Å². The van der Waals surface area contributed by atoms with Crippen molar-refractivity contribution >= 4 is 5.90 Å². The summed E-state index contributed by atoms with van der Waals surface area (Å²) < 4.78 is 4.54. The fraction of sp³-hybridized carbons (Fsp3) is 0.800. The maximum atomic E-state index is 8.83. The standard InChI is InChI=1S/C5H13N3O2/c1-3(9)4(7)5(8)10-2-6/h3-4,8-9H,2,6-7H2,1H3. The molecule has 0 aromatic heterocycles. The van der Waals surface area contributed by atoms with Gasteiger partial charge in [-0.3, -0.25) is 11.1 Å². The van der Waals surface area contributed by atoms with E-state index in [1.807, 2.05) is 0 Å². The number of aliphatic hydroxyl groups excluding tert-OH is 1. The number of nitrogens with one attached hydrogen (secondary N) is 1. The van der Waals surface area contributed by atoms with Gasteiger partial charge < -0.3 is 15.6 Å². The van der Waals surface area contributed by atoms with Crippen LogP contribution in [0.1, 0.15) is 6.92 Å². The molecule has 0 aromatic carbocycles. The summed E-state index contributed by atoms with van der Waals surface area (Å²) >= 11 is 0. The van der Waals surface area contributed by atoms with Crippen LogP contribution in [0.3, 0.4) is 0 Å². The largest absolute Gasteiger partial charge is 0.464 e. The Morgan fingerprint density at radius 2 is 2.30 bits per heavy atom.